The number of pyridine rings is 1. The van der Waals surface area contributed by atoms with Gasteiger partial charge in [0.15, 0.2) is 6.61 Å². The fourth-order valence-corrected chi connectivity index (χ4v) is 5.22. The number of para-hydroxylation sites is 1. The summed E-state index contributed by atoms with van der Waals surface area (Å²) < 4.78 is 16.8. The van der Waals surface area contributed by atoms with Crippen molar-refractivity contribution >= 4 is 40.1 Å². The maximum Gasteiger partial charge on any atom is 0.339 e. The van der Waals surface area contributed by atoms with Crippen LogP contribution in [0.15, 0.2) is 77.2 Å². The van der Waals surface area contributed by atoms with Gasteiger partial charge in [-0.1, -0.05) is 48.9 Å². The second-order valence-electron chi connectivity index (χ2n) is 9.87. The van der Waals surface area contributed by atoms with Crippen LogP contribution in [0.4, 0.5) is 0 Å². The minimum Gasteiger partial charge on any atom is -0.497 e. The summed E-state index contributed by atoms with van der Waals surface area (Å²) in [6.45, 7) is 2.04. The van der Waals surface area contributed by atoms with Crippen molar-refractivity contribution in [1.82, 2.24) is 15.2 Å². The van der Waals surface area contributed by atoms with Crippen molar-refractivity contribution in [3.05, 3.63) is 106 Å². The number of aromatic nitrogens is 3. The first kappa shape index (κ1) is 25.8. The second-order valence-corrected chi connectivity index (χ2v) is 10.3. The first-order valence-electron chi connectivity index (χ1n) is 13.0. The minimum atomic E-state index is -0.445. The van der Waals surface area contributed by atoms with Crippen molar-refractivity contribution in [2.75, 3.05) is 7.11 Å². The lowest BCUT2D eigenvalue weighted by Crippen LogP contribution is -2.19. The quantitative estimate of drug-likeness (QED) is 0.203. The van der Waals surface area contributed by atoms with Gasteiger partial charge in [0.2, 0.25) is 5.89 Å². The summed E-state index contributed by atoms with van der Waals surface area (Å²) in [4.78, 5) is 18.7. The number of carbonyl (C=O) groups is 1. The van der Waals surface area contributed by atoms with E-state index in [1.165, 1.54) is 0 Å². The van der Waals surface area contributed by atoms with Gasteiger partial charge in [0.05, 0.1) is 23.9 Å². The fraction of sp³-hybridized carbons (Fsp3) is 0.188. The van der Waals surface area contributed by atoms with E-state index >= 15 is 0 Å². The van der Waals surface area contributed by atoms with E-state index in [-0.39, 0.29) is 12.5 Å². The standard InChI is InChI=1S/C32H26ClN3O4/c1-19-15-22(17-20-7-13-24(38-2)14-8-20)30-26(16-19)29(25-5-3-4-6-27(25)34-30)32(37)39-18-28-35-36-31(40-28)21-9-11-23(33)12-10-21/h3-14,17,19H,15-16,18H2,1-2H3/b22-17+/t19-/m0/s1. The van der Waals surface area contributed by atoms with E-state index in [0.29, 0.717) is 22.4 Å². The molecule has 1 aliphatic rings. The van der Waals surface area contributed by atoms with Gasteiger partial charge in [-0.3, -0.25) is 0 Å². The van der Waals surface area contributed by atoms with Crippen LogP contribution in [0.3, 0.4) is 0 Å². The molecule has 0 radical (unpaired) electrons. The predicted octanol–water partition coefficient (Wildman–Crippen LogP) is 7.43. The molecule has 5 aromatic rings. The molecular formula is C32H26ClN3O4. The molecule has 6 rings (SSSR count). The highest BCUT2D eigenvalue weighted by molar-refractivity contribution is 6.30. The van der Waals surface area contributed by atoms with Crippen LogP contribution in [0, 0.1) is 5.92 Å². The molecule has 0 spiro atoms. The normalized spacial score (nSPS) is 15.7. The smallest absolute Gasteiger partial charge is 0.339 e. The Labute approximate surface area is 236 Å². The average molecular weight is 552 g/mol. The summed E-state index contributed by atoms with van der Waals surface area (Å²) in [7, 11) is 1.65. The zero-order valence-electron chi connectivity index (χ0n) is 22.1. The lowest BCUT2D eigenvalue weighted by molar-refractivity contribution is 0.0439. The number of allylic oxidation sites excluding steroid dienone is 1. The number of fused-ring (bicyclic) bond motifs is 2. The highest BCUT2D eigenvalue weighted by atomic mass is 35.5. The van der Waals surface area contributed by atoms with E-state index in [2.05, 4.69) is 23.2 Å². The summed E-state index contributed by atoms with van der Waals surface area (Å²) >= 11 is 5.97. The molecule has 0 N–H and O–H groups in total. The monoisotopic (exact) mass is 551 g/mol. The molecule has 0 aliphatic heterocycles. The SMILES string of the molecule is COc1ccc(/C=C2\C[C@H](C)Cc3c2nc2ccccc2c3C(=O)OCc2nnc(-c3ccc(Cl)cc3)o2)cc1. The van der Waals surface area contributed by atoms with E-state index in [9.17, 15) is 4.79 Å². The van der Waals surface area contributed by atoms with Gasteiger partial charge in [-0.2, -0.15) is 0 Å². The molecule has 0 saturated carbocycles. The molecule has 3 aromatic carbocycles. The molecular weight excluding hydrogens is 526 g/mol. The van der Waals surface area contributed by atoms with Gasteiger partial charge in [-0.25, -0.2) is 9.78 Å². The highest BCUT2D eigenvalue weighted by Crippen LogP contribution is 2.39. The van der Waals surface area contributed by atoms with E-state index in [1.807, 2.05) is 48.5 Å². The predicted molar refractivity (Wildman–Crippen MR) is 154 cm³/mol. The molecule has 2 heterocycles. The summed E-state index contributed by atoms with van der Waals surface area (Å²) in [6, 6.07) is 22.6. The van der Waals surface area contributed by atoms with Crippen LogP contribution in [0.1, 0.15) is 46.4 Å². The number of halogens is 1. The van der Waals surface area contributed by atoms with Crippen LogP contribution in [0.2, 0.25) is 5.02 Å². The van der Waals surface area contributed by atoms with E-state index in [1.54, 1.807) is 31.4 Å². The summed E-state index contributed by atoms with van der Waals surface area (Å²) in [5.41, 5.74) is 5.87. The third kappa shape index (κ3) is 5.20. The maximum atomic E-state index is 13.7. The molecule has 0 saturated heterocycles. The molecule has 0 amide bonds. The minimum absolute atomic E-state index is 0.144. The molecule has 8 heteroatoms. The van der Waals surface area contributed by atoms with Gasteiger partial charge >= 0.3 is 5.97 Å². The number of ether oxygens (including phenoxy) is 2. The number of benzene rings is 3. The summed E-state index contributed by atoms with van der Waals surface area (Å²) in [5.74, 6) is 1.22. The first-order valence-corrected chi connectivity index (χ1v) is 13.4. The Kier molecular flexibility index (Phi) is 7.05. The Hall–Kier alpha value is -4.49. The number of carbonyl (C=O) groups excluding carboxylic acids is 1. The van der Waals surface area contributed by atoms with Crippen molar-refractivity contribution in [3.8, 4) is 17.2 Å². The lowest BCUT2D eigenvalue weighted by Gasteiger charge is -2.26. The molecule has 7 nitrogen and oxygen atoms in total. The van der Waals surface area contributed by atoms with E-state index in [4.69, 9.17) is 30.5 Å². The van der Waals surface area contributed by atoms with Gasteiger partial charge in [-0.05, 0) is 84.0 Å². The Morgan fingerprint density at radius 1 is 1.02 bits per heavy atom. The summed E-state index contributed by atoms with van der Waals surface area (Å²) in [5, 5.41) is 9.51. The third-order valence-corrected chi connectivity index (χ3v) is 7.22. The van der Waals surface area contributed by atoms with Crippen LogP contribution >= 0.6 is 11.6 Å². The molecule has 200 valence electrons. The van der Waals surface area contributed by atoms with Crippen LogP contribution in [0.25, 0.3) is 34.0 Å². The lowest BCUT2D eigenvalue weighted by atomic mass is 9.80. The number of nitrogens with zero attached hydrogens (tertiary/aromatic N) is 3. The average Bonchev–Trinajstić information content (AvgIpc) is 3.45. The van der Waals surface area contributed by atoms with Crippen LogP contribution in [-0.4, -0.2) is 28.3 Å². The topological polar surface area (TPSA) is 87.3 Å². The van der Waals surface area contributed by atoms with Gasteiger partial charge in [0.1, 0.15) is 5.75 Å². The van der Waals surface area contributed by atoms with Gasteiger partial charge in [0, 0.05) is 16.0 Å². The molecule has 2 aromatic heterocycles. The van der Waals surface area contributed by atoms with Crippen LogP contribution in [-0.2, 0) is 17.8 Å². The Bertz CT molecular complexity index is 1730. The Morgan fingerprint density at radius 2 is 1.80 bits per heavy atom. The van der Waals surface area contributed by atoms with Crippen LogP contribution < -0.4 is 4.74 Å². The zero-order valence-corrected chi connectivity index (χ0v) is 22.8. The maximum absolute atomic E-state index is 13.7. The number of esters is 1. The van der Waals surface area contributed by atoms with Crippen LogP contribution in [0.5, 0.6) is 5.75 Å². The van der Waals surface area contributed by atoms with E-state index in [0.717, 1.165) is 57.5 Å². The Morgan fingerprint density at radius 3 is 2.58 bits per heavy atom. The summed E-state index contributed by atoms with van der Waals surface area (Å²) in [6.07, 6.45) is 3.72. The van der Waals surface area contributed by atoms with Crippen molar-refractivity contribution in [1.29, 1.82) is 0 Å². The zero-order chi connectivity index (χ0) is 27.6. The Balaban J connectivity index is 1.34. The molecule has 1 atom stereocenters. The number of rotatable bonds is 6. The molecule has 0 unspecified atom stereocenters. The van der Waals surface area contributed by atoms with Crippen molar-refractivity contribution in [3.63, 3.8) is 0 Å². The van der Waals surface area contributed by atoms with Crippen molar-refractivity contribution < 1.29 is 18.7 Å². The fourth-order valence-electron chi connectivity index (χ4n) is 5.09. The largest absolute Gasteiger partial charge is 0.497 e. The van der Waals surface area contributed by atoms with Gasteiger partial charge in [0.25, 0.3) is 5.89 Å². The van der Waals surface area contributed by atoms with Crippen molar-refractivity contribution in [2.24, 2.45) is 5.92 Å². The van der Waals surface area contributed by atoms with Gasteiger partial charge in [-0.15, -0.1) is 10.2 Å². The first-order chi connectivity index (χ1) is 19.5. The number of methoxy groups -OCH3 is 1. The third-order valence-electron chi connectivity index (χ3n) is 6.96. The highest BCUT2D eigenvalue weighted by Gasteiger charge is 2.29. The van der Waals surface area contributed by atoms with Gasteiger partial charge < -0.3 is 13.9 Å². The molecule has 0 bridgehead atoms. The molecule has 40 heavy (non-hydrogen) atoms. The van der Waals surface area contributed by atoms with Crippen molar-refractivity contribution in [2.45, 2.75) is 26.4 Å². The second kappa shape index (κ2) is 10.9. The van der Waals surface area contributed by atoms with E-state index < -0.39 is 5.97 Å². The number of hydrogen-bond acceptors (Lipinski definition) is 7. The molecule has 0 fully saturated rings. The number of hydrogen-bond donors (Lipinski definition) is 0. The molecule has 1 aliphatic carbocycles.